The normalized spacial score (nSPS) is 14.3. The van der Waals surface area contributed by atoms with E-state index in [1.807, 2.05) is 56.3 Å². The van der Waals surface area contributed by atoms with Gasteiger partial charge in [-0.2, -0.15) is 0 Å². The Morgan fingerprint density at radius 3 is 2.42 bits per heavy atom. The predicted octanol–water partition coefficient (Wildman–Crippen LogP) is 1.92. The quantitative estimate of drug-likeness (QED) is 0.753. The Hall–Kier alpha value is -1.39. The van der Waals surface area contributed by atoms with Gasteiger partial charge in [-0.3, -0.25) is 5.32 Å². The molecule has 0 spiro atoms. The minimum atomic E-state index is -0.980. The Morgan fingerprint density at radius 2 is 1.95 bits per heavy atom. The molecule has 0 fully saturated rings. The summed E-state index contributed by atoms with van der Waals surface area (Å²) in [5.74, 6) is -0.806. The van der Waals surface area contributed by atoms with Gasteiger partial charge >= 0.3 is 5.97 Å². The summed E-state index contributed by atoms with van der Waals surface area (Å²) in [6.07, 6.45) is 1.40. The molecule has 106 valence electrons. The van der Waals surface area contributed by atoms with Crippen LogP contribution in [0.1, 0.15) is 25.3 Å². The number of carbonyl (C=O) groups is 1. The molecule has 4 heteroatoms. The lowest BCUT2D eigenvalue weighted by Crippen LogP contribution is -2.51. The molecule has 0 saturated heterocycles. The summed E-state index contributed by atoms with van der Waals surface area (Å²) in [4.78, 5) is 13.8. The van der Waals surface area contributed by atoms with Gasteiger partial charge in [0.15, 0.2) is 0 Å². The topological polar surface area (TPSA) is 52.6 Å². The number of nitrogens with zero attached hydrogens (tertiary/aromatic N) is 1. The molecule has 1 aromatic carbocycles. The van der Waals surface area contributed by atoms with E-state index in [0.717, 1.165) is 18.5 Å². The lowest BCUT2D eigenvalue weighted by atomic mass is 9.85. The van der Waals surface area contributed by atoms with Gasteiger partial charge < -0.3 is 10.0 Å². The van der Waals surface area contributed by atoms with Gasteiger partial charge in [0.25, 0.3) is 0 Å². The molecule has 1 rings (SSSR count). The van der Waals surface area contributed by atoms with Crippen LogP contribution in [0.2, 0.25) is 0 Å². The number of carboxylic acid groups (broad SMARTS) is 1. The molecule has 19 heavy (non-hydrogen) atoms. The van der Waals surface area contributed by atoms with Crippen LogP contribution in [-0.2, 0) is 10.3 Å². The maximum atomic E-state index is 11.8. The fourth-order valence-corrected chi connectivity index (χ4v) is 2.23. The van der Waals surface area contributed by atoms with Crippen LogP contribution in [0, 0.1) is 0 Å². The van der Waals surface area contributed by atoms with E-state index >= 15 is 0 Å². The highest BCUT2D eigenvalue weighted by atomic mass is 16.4. The van der Waals surface area contributed by atoms with Crippen molar-refractivity contribution in [1.82, 2.24) is 10.2 Å². The van der Waals surface area contributed by atoms with Crippen LogP contribution in [0.3, 0.4) is 0 Å². The van der Waals surface area contributed by atoms with Gasteiger partial charge in [-0.25, -0.2) is 4.79 Å². The van der Waals surface area contributed by atoms with Gasteiger partial charge in [0.2, 0.25) is 0 Å². The number of hydrogen-bond donors (Lipinski definition) is 2. The minimum Gasteiger partial charge on any atom is -0.480 e. The number of benzene rings is 1. The number of carboxylic acids is 1. The van der Waals surface area contributed by atoms with Gasteiger partial charge in [0.05, 0.1) is 0 Å². The van der Waals surface area contributed by atoms with E-state index in [9.17, 15) is 9.90 Å². The predicted molar refractivity (Wildman–Crippen MR) is 77.2 cm³/mol. The van der Waals surface area contributed by atoms with Crippen LogP contribution < -0.4 is 5.32 Å². The highest BCUT2D eigenvalue weighted by Crippen LogP contribution is 2.27. The van der Waals surface area contributed by atoms with E-state index in [1.165, 1.54) is 0 Å². The van der Waals surface area contributed by atoms with E-state index in [4.69, 9.17) is 0 Å². The first-order valence-electron chi connectivity index (χ1n) is 6.71. The van der Waals surface area contributed by atoms with Crippen LogP contribution in [0.5, 0.6) is 0 Å². The highest BCUT2D eigenvalue weighted by molar-refractivity contribution is 5.80. The van der Waals surface area contributed by atoms with Crippen molar-refractivity contribution >= 4 is 5.97 Å². The third-order valence-corrected chi connectivity index (χ3v) is 3.24. The van der Waals surface area contributed by atoms with Crippen LogP contribution in [0.15, 0.2) is 30.3 Å². The van der Waals surface area contributed by atoms with Crippen molar-refractivity contribution in [2.24, 2.45) is 0 Å². The van der Waals surface area contributed by atoms with E-state index < -0.39 is 11.5 Å². The van der Waals surface area contributed by atoms with Gasteiger partial charge in [-0.05, 0) is 26.1 Å². The van der Waals surface area contributed by atoms with E-state index in [-0.39, 0.29) is 0 Å². The summed E-state index contributed by atoms with van der Waals surface area (Å²) in [7, 11) is 3.96. The maximum absolute atomic E-state index is 11.8. The van der Waals surface area contributed by atoms with Gasteiger partial charge in [0, 0.05) is 13.1 Å². The third-order valence-electron chi connectivity index (χ3n) is 3.24. The minimum absolute atomic E-state index is 0.583. The number of nitrogens with one attached hydrogen (secondary N) is 1. The average Bonchev–Trinajstić information content (AvgIpc) is 2.38. The van der Waals surface area contributed by atoms with Crippen molar-refractivity contribution in [3.63, 3.8) is 0 Å². The molecule has 0 aliphatic heterocycles. The molecule has 0 heterocycles. The zero-order valence-electron chi connectivity index (χ0n) is 12.0. The zero-order valence-corrected chi connectivity index (χ0v) is 12.0. The molecule has 4 nitrogen and oxygen atoms in total. The second-order valence-electron chi connectivity index (χ2n) is 5.06. The first-order valence-corrected chi connectivity index (χ1v) is 6.71. The smallest absolute Gasteiger partial charge is 0.328 e. The van der Waals surface area contributed by atoms with Crippen molar-refractivity contribution in [2.75, 3.05) is 27.2 Å². The lowest BCUT2D eigenvalue weighted by molar-refractivity contribution is -0.145. The summed E-state index contributed by atoms with van der Waals surface area (Å²) >= 11 is 0. The van der Waals surface area contributed by atoms with Crippen LogP contribution in [0.4, 0.5) is 0 Å². The molecule has 2 N–H and O–H groups in total. The molecule has 0 bridgehead atoms. The average molecular weight is 264 g/mol. The Morgan fingerprint density at radius 1 is 1.32 bits per heavy atom. The summed E-state index contributed by atoms with van der Waals surface area (Å²) in [5, 5.41) is 12.9. The monoisotopic (exact) mass is 264 g/mol. The summed E-state index contributed by atoms with van der Waals surface area (Å²) in [6.45, 7) is 3.47. The molecule has 0 saturated carbocycles. The maximum Gasteiger partial charge on any atom is 0.328 e. The van der Waals surface area contributed by atoms with Gasteiger partial charge in [-0.15, -0.1) is 0 Å². The summed E-state index contributed by atoms with van der Waals surface area (Å²) < 4.78 is 0. The second kappa shape index (κ2) is 7.26. The summed E-state index contributed by atoms with van der Waals surface area (Å²) in [6, 6.07) is 9.44. The molecule has 0 aliphatic rings. The number of likely N-dealkylation sites (N-methyl/N-ethyl adjacent to an activating group) is 1. The first kappa shape index (κ1) is 15.7. The third kappa shape index (κ3) is 4.04. The molecule has 0 aliphatic carbocycles. The molecule has 1 atom stereocenters. The largest absolute Gasteiger partial charge is 0.480 e. The van der Waals surface area contributed by atoms with Crippen LogP contribution in [0.25, 0.3) is 0 Å². The number of hydrogen-bond acceptors (Lipinski definition) is 3. The fourth-order valence-electron chi connectivity index (χ4n) is 2.23. The Bertz CT molecular complexity index is 392. The molecular formula is C15H24N2O2. The Labute approximate surface area is 115 Å². The fraction of sp³-hybridized carbons (Fsp3) is 0.533. The SMILES string of the molecule is CCCC(NCCN(C)C)(C(=O)O)c1ccccc1. The number of rotatable bonds is 8. The van der Waals surface area contributed by atoms with Crippen LogP contribution >= 0.6 is 0 Å². The Balaban J connectivity index is 2.97. The van der Waals surface area contributed by atoms with Crippen LogP contribution in [-0.4, -0.2) is 43.2 Å². The van der Waals surface area contributed by atoms with Gasteiger partial charge in [-0.1, -0.05) is 43.7 Å². The second-order valence-corrected chi connectivity index (χ2v) is 5.06. The standard InChI is InChI=1S/C15H24N2O2/c1-4-10-15(14(18)19,16-11-12-17(2)3)13-8-6-5-7-9-13/h5-9,16H,4,10-12H2,1-3H3,(H,18,19). The molecule has 0 aromatic heterocycles. The van der Waals surface area contributed by atoms with Crippen molar-refractivity contribution < 1.29 is 9.90 Å². The molecule has 1 aromatic rings. The van der Waals surface area contributed by atoms with E-state index in [2.05, 4.69) is 5.32 Å². The molecule has 1 unspecified atom stereocenters. The molecular weight excluding hydrogens is 240 g/mol. The van der Waals surface area contributed by atoms with E-state index in [1.54, 1.807) is 0 Å². The lowest BCUT2D eigenvalue weighted by Gasteiger charge is -2.31. The highest BCUT2D eigenvalue weighted by Gasteiger charge is 2.38. The first-order chi connectivity index (χ1) is 9.03. The zero-order chi connectivity index (χ0) is 14.3. The van der Waals surface area contributed by atoms with Crippen molar-refractivity contribution in [3.8, 4) is 0 Å². The summed E-state index contributed by atoms with van der Waals surface area (Å²) in [5.41, 5.74) is -0.158. The van der Waals surface area contributed by atoms with Crippen molar-refractivity contribution in [1.29, 1.82) is 0 Å². The molecule has 0 radical (unpaired) electrons. The van der Waals surface area contributed by atoms with E-state index in [0.29, 0.717) is 13.0 Å². The van der Waals surface area contributed by atoms with Crippen molar-refractivity contribution in [2.45, 2.75) is 25.3 Å². The number of aliphatic carboxylic acids is 1. The van der Waals surface area contributed by atoms with Crippen molar-refractivity contribution in [3.05, 3.63) is 35.9 Å². The molecule has 0 amide bonds. The Kier molecular flexibility index (Phi) is 5.99. The van der Waals surface area contributed by atoms with Gasteiger partial charge in [0.1, 0.15) is 5.54 Å².